The number of nitrogens with zero attached hydrogens (tertiary/aromatic N) is 1. The Kier molecular flexibility index (Phi) is 5.15. The molecule has 0 aromatic heterocycles. The van der Waals surface area contributed by atoms with E-state index in [1.54, 1.807) is 7.11 Å². The first-order valence-corrected chi connectivity index (χ1v) is 8.97. The summed E-state index contributed by atoms with van der Waals surface area (Å²) in [6, 6.07) is 6.86. The fourth-order valence-electron chi connectivity index (χ4n) is 3.56. The molecule has 1 saturated carbocycles. The number of nitrogens with one attached hydrogen (secondary N) is 2. The Bertz CT molecular complexity index is 693. The number of methoxy groups -OCH3 is 1. The predicted molar refractivity (Wildman–Crippen MR) is 95.4 cm³/mol. The van der Waals surface area contributed by atoms with Gasteiger partial charge in [-0.1, -0.05) is 19.1 Å². The Morgan fingerprint density at radius 2 is 1.92 bits per heavy atom. The van der Waals surface area contributed by atoms with Crippen LogP contribution >= 0.6 is 0 Å². The Balaban J connectivity index is 1.55. The summed E-state index contributed by atoms with van der Waals surface area (Å²) in [5.41, 5.74) is 0.105. The van der Waals surface area contributed by atoms with Gasteiger partial charge in [-0.15, -0.1) is 0 Å². The molecule has 1 saturated heterocycles. The Morgan fingerprint density at radius 3 is 2.54 bits per heavy atom. The van der Waals surface area contributed by atoms with Gasteiger partial charge >= 0.3 is 6.03 Å². The largest absolute Gasteiger partial charge is 0.497 e. The summed E-state index contributed by atoms with van der Waals surface area (Å²) >= 11 is 0. The van der Waals surface area contributed by atoms with Crippen molar-refractivity contribution in [3.05, 3.63) is 29.8 Å². The van der Waals surface area contributed by atoms with E-state index < -0.39 is 11.6 Å². The summed E-state index contributed by atoms with van der Waals surface area (Å²) in [6.45, 7) is 2.23. The molecule has 1 spiro atoms. The van der Waals surface area contributed by atoms with Crippen molar-refractivity contribution in [2.75, 3.05) is 13.7 Å². The second-order valence-corrected chi connectivity index (χ2v) is 7.21. The van der Waals surface area contributed by atoms with Gasteiger partial charge in [-0.3, -0.25) is 14.5 Å². The normalized spacial score (nSPS) is 25.3. The SMILES string of the molecule is COc1ccc(CNC(=O)CN2C(=O)NC3(CCC(C)CC3)C2=O)cc1. The average molecular weight is 359 g/mol. The summed E-state index contributed by atoms with van der Waals surface area (Å²) in [5, 5.41) is 5.57. The number of urea groups is 1. The van der Waals surface area contributed by atoms with Crippen molar-refractivity contribution in [2.45, 2.75) is 44.7 Å². The van der Waals surface area contributed by atoms with Crippen LogP contribution < -0.4 is 15.4 Å². The smallest absolute Gasteiger partial charge is 0.325 e. The Labute approximate surface area is 153 Å². The van der Waals surface area contributed by atoms with Gasteiger partial charge in [0.15, 0.2) is 0 Å². The van der Waals surface area contributed by atoms with Crippen LogP contribution in [0.1, 0.15) is 38.2 Å². The van der Waals surface area contributed by atoms with E-state index in [4.69, 9.17) is 4.74 Å². The van der Waals surface area contributed by atoms with Gasteiger partial charge in [0.1, 0.15) is 17.8 Å². The molecule has 0 atom stereocenters. The van der Waals surface area contributed by atoms with E-state index in [-0.39, 0.29) is 18.4 Å². The van der Waals surface area contributed by atoms with Gasteiger partial charge in [-0.2, -0.15) is 0 Å². The Morgan fingerprint density at radius 1 is 1.27 bits per heavy atom. The van der Waals surface area contributed by atoms with Crippen LogP contribution in [0.5, 0.6) is 5.75 Å². The molecule has 1 aromatic carbocycles. The van der Waals surface area contributed by atoms with Crippen LogP contribution in [0.3, 0.4) is 0 Å². The highest BCUT2D eigenvalue weighted by Crippen LogP contribution is 2.36. The maximum Gasteiger partial charge on any atom is 0.325 e. The van der Waals surface area contributed by atoms with Gasteiger partial charge < -0.3 is 15.4 Å². The monoisotopic (exact) mass is 359 g/mol. The number of rotatable bonds is 5. The van der Waals surface area contributed by atoms with Crippen LogP contribution in [0.2, 0.25) is 0 Å². The number of amides is 4. The van der Waals surface area contributed by atoms with Gasteiger partial charge in [0.05, 0.1) is 7.11 Å². The van der Waals surface area contributed by atoms with E-state index in [0.29, 0.717) is 25.3 Å². The number of ether oxygens (including phenoxy) is 1. The lowest BCUT2D eigenvalue weighted by molar-refractivity contribution is -0.136. The van der Waals surface area contributed by atoms with E-state index in [1.807, 2.05) is 24.3 Å². The molecule has 2 aliphatic rings. The first-order chi connectivity index (χ1) is 12.4. The van der Waals surface area contributed by atoms with Gasteiger partial charge in [-0.25, -0.2) is 4.79 Å². The standard InChI is InChI=1S/C19H25N3O4/c1-13-7-9-19(10-8-13)17(24)22(18(25)21-19)12-16(23)20-11-14-3-5-15(26-2)6-4-14/h3-6,13H,7-12H2,1-2H3,(H,20,23)(H,21,25). The molecule has 4 amide bonds. The van der Waals surface area contributed by atoms with Crippen LogP contribution in [0.25, 0.3) is 0 Å². The molecule has 7 nitrogen and oxygen atoms in total. The fraction of sp³-hybridized carbons (Fsp3) is 0.526. The predicted octanol–water partition coefficient (Wildman–Crippen LogP) is 1.81. The third kappa shape index (κ3) is 3.66. The van der Waals surface area contributed by atoms with E-state index in [2.05, 4.69) is 17.6 Å². The van der Waals surface area contributed by atoms with Crippen molar-refractivity contribution in [2.24, 2.45) is 5.92 Å². The number of hydrogen-bond donors (Lipinski definition) is 2. The summed E-state index contributed by atoms with van der Waals surface area (Å²) < 4.78 is 5.09. The number of benzene rings is 1. The molecule has 140 valence electrons. The Hall–Kier alpha value is -2.57. The molecule has 1 heterocycles. The highest BCUT2D eigenvalue weighted by Gasteiger charge is 2.52. The van der Waals surface area contributed by atoms with Crippen molar-refractivity contribution in [3.8, 4) is 5.75 Å². The van der Waals surface area contributed by atoms with Crippen molar-refractivity contribution >= 4 is 17.8 Å². The summed E-state index contributed by atoms with van der Waals surface area (Å²) in [4.78, 5) is 38.2. The average Bonchev–Trinajstić information content (AvgIpc) is 2.87. The summed E-state index contributed by atoms with van der Waals surface area (Å²) in [7, 11) is 1.59. The zero-order valence-electron chi connectivity index (χ0n) is 15.2. The minimum absolute atomic E-state index is 0.252. The first kappa shape index (κ1) is 18.2. The third-order valence-electron chi connectivity index (χ3n) is 5.32. The van der Waals surface area contributed by atoms with E-state index in [1.165, 1.54) is 0 Å². The van der Waals surface area contributed by atoms with Crippen molar-refractivity contribution < 1.29 is 19.1 Å². The van der Waals surface area contributed by atoms with Gasteiger partial charge in [0.25, 0.3) is 5.91 Å². The molecule has 0 radical (unpaired) electrons. The first-order valence-electron chi connectivity index (χ1n) is 8.97. The quantitative estimate of drug-likeness (QED) is 0.785. The molecular weight excluding hydrogens is 334 g/mol. The summed E-state index contributed by atoms with van der Waals surface area (Å²) in [5.74, 6) is 0.679. The van der Waals surface area contributed by atoms with Gasteiger partial charge in [0, 0.05) is 6.54 Å². The molecule has 2 fully saturated rings. The highest BCUT2D eigenvalue weighted by atomic mass is 16.5. The molecule has 7 heteroatoms. The van der Waals surface area contributed by atoms with Crippen LogP contribution in [-0.4, -0.2) is 41.9 Å². The maximum atomic E-state index is 12.7. The van der Waals surface area contributed by atoms with E-state index in [9.17, 15) is 14.4 Å². The molecule has 0 unspecified atom stereocenters. The molecule has 1 aliphatic heterocycles. The highest BCUT2D eigenvalue weighted by molar-refractivity contribution is 6.09. The summed E-state index contributed by atoms with van der Waals surface area (Å²) in [6.07, 6.45) is 3.10. The zero-order valence-corrected chi connectivity index (χ0v) is 15.2. The number of carbonyl (C=O) groups is 3. The minimum Gasteiger partial charge on any atom is -0.497 e. The topological polar surface area (TPSA) is 87.7 Å². The lowest BCUT2D eigenvalue weighted by atomic mass is 9.77. The number of carbonyl (C=O) groups excluding carboxylic acids is 3. The van der Waals surface area contributed by atoms with Crippen LogP contribution in [-0.2, 0) is 16.1 Å². The molecule has 26 heavy (non-hydrogen) atoms. The van der Waals surface area contributed by atoms with Gasteiger partial charge in [0.2, 0.25) is 5.91 Å². The zero-order chi connectivity index (χ0) is 18.7. The van der Waals surface area contributed by atoms with Crippen molar-refractivity contribution in [1.82, 2.24) is 15.5 Å². The second kappa shape index (κ2) is 7.35. The van der Waals surface area contributed by atoms with E-state index >= 15 is 0 Å². The van der Waals surface area contributed by atoms with Crippen molar-refractivity contribution in [1.29, 1.82) is 0 Å². The molecule has 1 aliphatic carbocycles. The molecule has 1 aromatic rings. The third-order valence-corrected chi connectivity index (χ3v) is 5.32. The molecular formula is C19H25N3O4. The number of imide groups is 1. The van der Waals surface area contributed by atoms with Crippen molar-refractivity contribution in [3.63, 3.8) is 0 Å². The maximum absolute atomic E-state index is 12.7. The number of hydrogen-bond acceptors (Lipinski definition) is 4. The minimum atomic E-state index is -0.806. The van der Waals surface area contributed by atoms with Crippen LogP contribution in [0, 0.1) is 5.92 Å². The van der Waals surface area contributed by atoms with Crippen LogP contribution in [0.4, 0.5) is 4.79 Å². The van der Waals surface area contributed by atoms with Gasteiger partial charge in [-0.05, 0) is 49.3 Å². The van der Waals surface area contributed by atoms with Crippen LogP contribution in [0.15, 0.2) is 24.3 Å². The lowest BCUT2D eigenvalue weighted by Gasteiger charge is -2.33. The fourth-order valence-corrected chi connectivity index (χ4v) is 3.56. The lowest BCUT2D eigenvalue weighted by Crippen LogP contribution is -2.49. The second-order valence-electron chi connectivity index (χ2n) is 7.21. The molecule has 2 N–H and O–H groups in total. The molecule has 3 rings (SSSR count). The van der Waals surface area contributed by atoms with E-state index in [0.717, 1.165) is 29.1 Å². The molecule has 0 bridgehead atoms.